The quantitative estimate of drug-likeness (QED) is 0.682. The Labute approximate surface area is 209 Å². The van der Waals surface area contributed by atoms with Gasteiger partial charge in [0, 0.05) is 63.3 Å². The molecule has 3 unspecified atom stereocenters. The summed E-state index contributed by atoms with van der Waals surface area (Å²) in [5, 5.41) is 5.18. The van der Waals surface area contributed by atoms with E-state index in [0.717, 1.165) is 40.6 Å². The fraction of sp³-hybridized carbons (Fsp3) is 0.615. The van der Waals surface area contributed by atoms with Crippen molar-refractivity contribution in [1.82, 2.24) is 9.99 Å². The minimum absolute atomic E-state index is 0.0522. The second kappa shape index (κ2) is 9.53. The van der Waals surface area contributed by atoms with E-state index in [-0.39, 0.29) is 42.5 Å². The minimum Gasteiger partial charge on any atom is -0.373 e. The number of nitrogens with zero attached hydrogens (tertiary/aromatic N) is 5. The number of hydrogen-bond acceptors (Lipinski definition) is 7. The van der Waals surface area contributed by atoms with E-state index in [2.05, 4.69) is 5.32 Å². The number of aromatic nitrogens is 1. The number of fused-ring (bicyclic) bond motifs is 1. The highest BCUT2D eigenvalue weighted by atomic mass is 19.3. The summed E-state index contributed by atoms with van der Waals surface area (Å²) in [6, 6.07) is 3.38. The second-order valence-electron chi connectivity index (χ2n) is 10.4. The van der Waals surface area contributed by atoms with Gasteiger partial charge < -0.3 is 15.1 Å². The molecule has 2 fully saturated rings. The van der Waals surface area contributed by atoms with Gasteiger partial charge in [0.25, 0.3) is 5.56 Å². The molecule has 8 nitrogen and oxygen atoms in total. The van der Waals surface area contributed by atoms with E-state index >= 15 is 0 Å². The number of hydrogen-bond donors (Lipinski definition) is 1. The van der Waals surface area contributed by atoms with Crippen molar-refractivity contribution in [2.45, 2.75) is 70.6 Å². The van der Waals surface area contributed by atoms with E-state index in [4.69, 9.17) is 19.7 Å². The smallest absolute Gasteiger partial charge is 0.268 e. The molecule has 4 heterocycles. The summed E-state index contributed by atoms with van der Waals surface area (Å²) in [4.78, 5) is 27.0. The zero-order valence-electron chi connectivity index (χ0n) is 21.3. The molecule has 1 saturated carbocycles. The van der Waals surface area contributed by atoms with Crippen molar-refractivity contribution in [2.75, 3.05) is 25.7 Å². The Morgan fingerprint density at radius 3 is 2.56 bits per heavy atom. The monoisotopic (exact) mass is 500 g/mol. The normalized spacial score (nSPS) is 28.5. The molecule has 3 aliphatic heterocycles. The van der Waals surface area contributed by atoms with Gasteiger partial charge in [-0.05, 0) is 51.2 Å². The van der Waals surface area contributed by atoms with E-state index in [1.165, 1.54) is 0 Å². The third-order valence-electron chi connectivity index (χ3n) is 7.67. The summed E-state index contributed by atoms with van der Waals surface area (Å²) < 4.78 is 35.5. The molecular formula is C26H34F2N6O2. The van der Waals surface area contributed by atoms with Crippen LogP contribution in [0.3, 0.4) is 0 Å². The predicted molar refractivity (Wildman–Crippen MR) is 137 cm³/mol. The van der Waals surface area contributed by atoms with Gasteiger partial charge in [0.05, 0.1) is 17.5 Å². The summed E-state index contributed by atoms with van der Waals surface area (Å²) in [6.45, 7) is 4.46. The number of ether oxygens (including phenoxy) is 1. The Hall–Kier alpha value is -2.88. The van der Waals surface area contributed by atoms with E-state index in [9.17, 15) is 13.6 Å². The van der Waals surface area contributed by atoms with Crippen molar-refractivity contribution in [3.8, 4) is 0 Å². The number of nitrogens with one attached hydrogen (secondary N) is 1. The van der Waals surface area contributed by atoms with Gasteiger partial charge in [-0.25, -0.2) is 23.4 Å². The highest BCUT2D eigenvalue weighted by Gasteiger charge is 2.41. The molecule has 5 rings (SSSR count). The average Bonchev–Trinajstić information content (AvgIpc) is 2.84. The Kier molecular flexibility index (Phi) is 6.57. The van der Waals surface area contributed by atoms with Gasteiger partial charge in [-0.1, -0.05) is 0 Å². The van der Waals surface area contributed by atoms with Crippen LogP contribution in [-0.2, 0) is 4.74 Å². The first-order chi connectivity index (χ1) is 17.1. The van der Waals surface area contributed by atoms with Gasteiger partial charge in [-0.15, -0.1) is 0 Å². The van der Waals surface area contributed by atoms with Crippen LogP contribution in [0.15, 0.2) is 49.5 Å². The zero-order chi connectivity index (χ0) is 25.6. The summed E-state index contributed by atoms with van der Waals surface area (Å²) in [6.07, 6.45) is 3.28. The molecule has 36 heavy (non-hydrogen) atoms. The third kappa shape index (κ3) is 4.87. The summed E-state index contributed by atoms with van der Waals surface area (Å²) >= 11 is 0. The highest BCUT2D eigenvalue weighted by molar-refractivity contribution is 6.47. The molecule has 0 radical (unpaired) electrons. The number of pyridine rings is 1. The molecule has 10 heteroatoms. The molecule has 1 aliphatic carbocycles. The van der Waals surface area contributed by atoms with Crippen LogP contribution in [0.2, 0.25) is 0 Å². The van der Waals surface area contributed by atoms with Crippen molar-refractivity contribution < 1.29 is 13.5 Å². The lowest BCUT2D eigenvalue weighted by molar-refractivity contribution is -0.0392. The Morgan fingerprint density at radius 2 is 1.83 bits per heavy atom. The molecule has 1 saturated heterocycles. The zero-order valence-corrected chi connectivity index (χ0v) is 21.3. The van der Waals surface area contributed by atoms with Crippen molar-refractivity contribution in [1.29, 1.82) is 0 Å². The van der Waals surface area contributed by atoms with Crippen LogP contribution >= 0.6 is 0 Å². The number of alkyl halides is 2. The third-order valence-corrected chi connectivity index (χ3v) is 7.67. The van der Waals surface area contributed by atoms with Crippen LogP contribution in [0.1, 0.15) is 64.0 Å². The second-order valence-corrected chi connectivity index (χ2v) is 10.4. The first-order valence-electron chi connectivity index (χ1n) is 12.7. The van der Waals surface area contributed by atoms with E-state index in [0.29, 0.717) is 25.9 Å². The summed E-state index contributed by atoms with van der Waals surface area (Å²) in [7, 11) is 3.64. The van der Waals surface area contributed by atoms with E-state index in [1.807, 2.05) is 40.2 Å². The topological polar surface area (TPSA) is 83.6 Å². The number of rotatable bonds is 4. The molecule has 1 N–H and O–H groups in total. The maximum Gasteiger partial charge on any atom is 0.268 e. The standard InChI is InChI=1S/C26H34F2N6O2/c1-15-16(2)30-25-23(29-15)22(17-7-10-26(27,28)11-8-17)31-24(32-25)18-9-12-36-20(13-18)19-5-6-21(35)34(14-19)33(3)4/h5-6,14,17-18,20,25,30H,7-13H2,1-4H3. The molecule has 0 aromatic carbocycles. The van der Waals surface area contributed by atoms with E-state index < -0.39 is 5.92 Å². The van der Waals surface area contributed by atoms with Crippen molar-refractivity contribution in [2.24, 2.45) is 26.8 Å². The van der Waals surface area contributed by atoms with Gasteiger partial charge in [-0.3, -0.25) is 9.79 Å². The maximum absolute atomic E-state index is 13.9. The molecule has 4 aliphatic rings. The average molecular weight is 501 g/mol. The number of halogens is 2. The first-order valence-corrected chi connectivity index (χ1v) is 12.7. The lowest BCUT2D eigenvalue weighted by Gasteiger charge is -2.36. The maximum atomic E-state index is 13.9. The lowest BCUT2D eigenvalue weighted by Crippen LogP contribution is -2.48. The first kappa shape index (κ1) is 24.8. The highest BCUT2D eigenvalue weighted by Crippen LogP contribution is 2.39. The fourth-order valence-electron chi connectivity index (χ4n) is 5.41. The van der Waals surface area contributed by atoms with Gasteiger partial charge in [0.15, 0.2) is 6.17 Å². The minimum atomic E-state index is -2.60. The van der Waals surface area contributed by atoms with Crippen LogP contribution in [-0.4, -0.2) is 54.7 Å². The Bertz CT molecular complexity index is 1210. The molecular weight excluding hydrogens is 466 g/mol. The van der Waals surface area contributed by atoms with Gasteiger partial charge in [0.2, 0.25) is 5.92 Å². The fourth-order valence-corrected chi connectivity index (χ4v) is 5.41. The number of amidine groups is 1. The van der Waals surface area contributed by atoms with Crippen molar-refractivity contribution in [3.05, 3.63) is 45.6 Å². The van der Waals surface area contributed by atoms with Gasteiger partial charge >= 0.3 is 0 Å². The SMILES string of the molecule is CC1=C(C)NC2N=C(C3CCOC(c4ccc(=O)n(N(C)C)c4)C3)N=C(C3CCC(F)(F)CC3)C2=N1. The molecule has 1 aromatic heterocycles. The summed E-state index contributed by atoms with van der Waals surface area (Å²) in [5.74, 6) is -1.86. The van der Waals surface area contributed by atoms with Crippen LogP contribution < -0.4 is 15.9 Å². The molecule has 0 spiro atoms. The summed E-state index contributed by atoms with van der Waals surface area (Å²) in [5.41, 5.74) is 4.22. The van der Waals surface area contributed by atoms with Crippen LogP contribution in [0, 0.1) is 11.8 Å². The molecule has 1 aromatic rings. The van der Waals surface area contributed by atoms with Crippen molar-refractivity contribution in [3.63, 3.8) is 0 Å². The Morgan fingerprint density at radius 1 is 1.08 bits per heavy atom. The van der Waals surface area contributed by atoms with Crippen LogP contribution in [0.4, 0.5) is 8.78 Å². The molecule has 3 atom stereocenters. The lowest BCUT2D eigenvalue weighted by atomic mass is 9.80. The van der Waals surface area contributed by atoms with E-state index in [1.54, 1.807) is 15.8 Å². The van der Waals surface area contributed by atoms with Gasteiger partial charge in [-0.2, -0.15) is 0 Å². The molecule has 194 valence electrons. The molecule has 0 amide bonds. The van der Waals surface area contributed by atoms with Crippen molar-refractivity contribution >= 4 is 17.3 Å². The van der Waals surface area contributed by atoms with Gasteiger partial charge in [0.1, 0.15) is 11.5 Å². The van der Waals surface area contributed by atoms with Crippen LogP contribution in [0.25, 0.3) is 0 Å². The largest absolute Gasteiger partial charge is 0.373 e. The Balaban J connectivity index is 1.44. The number of allylic oxidation sites excluding steroid dienone is 2. The van der Waals surface area contributed by atoms with Crippen LogP contribution in [0.5, 0.6) is 0 Å². The predicted octanol–water partition coefficient (Wildman–Crippen LogP) is 3.81. The number of aliphatic imine (C=N–C) groups is 3. The molecule has 0 bridgehead atoms.